The summed E-state index contributed by atoms with van der Waals surface area (Å²) in [7, 11) is 0. The second-order valence-corrected chi connectivity index (χ2v) is 4.70. The molecule has 1 atom stereocenters. The van der Waals surface area contributed by atoms with Crippen molar-refractivity contribution in [1.29, 1.82) is 0 Å². The first kappa shape index (κ1) is 11.6. The Balaban J connectivity index is 1.65. The highest BCUT2D eigenvalue weighted by molar-refractivity contribution is 4.76. The SMILES string of the molecule is NCC1CCCN(CCCn2ccnc2)C1. The summed E-state index contributed by atoms with van der Waals surface area (Å²) >= 11 is 0. The van der Waals surface area contributed by atoms with E-state index in [1.807, 2.05) is 18.7 Å². The van der Waals surface area contributed by atoms with Gasteiger partial charge in [0.25, 0.3) is 0 Å². The second-order valence-electron chi connectivity index (χ2n) is 4.70. The number of likely N-dealkylation sites (tertiary alicyclic amines) is 1. The largest absolute Gasteiger partial charge is 0.337 e. The number of nitrogens with two attached hydrogens (primary N) is 1. The number of imidazole rings is 1. The lowest BCUT2D eigenvalue weighted by atomic mass is 9.98. The van der Waals surface area contributed by atoms with E-state index in [1.54, 1.807) is 0 Å². The first-order chi connectivity index (χ1) is 7.88. The van der Waals surface area contributed by atoms with Crippen molar-refractivity contribution in [3.63, 3.8) is 0 Å². The van der Waals surface area contributed by atoms with Gasteiger partial charge in [-0.2, -0.15) is 0 Å². The molecule has 0 aromatic carbocycles. The lowest BCUT2D eigenvalue weighted by molar-refractivity contribution is 0.174. The van der Waals surface area contributed by atoms with E-state index in [0.29, 0.717) is 0 Å². The van der Waals surface area contributed by atoms with Gasteiger partial charge in [0, 0.05) is 25.5 Å². The Bertz CT molecular complexity index is 283. The van der Waals surface area contributed by atoms with Crippen LogP contribution in [0.4, 0.5) is 0 Å². The number of aromatic nitrogens is 2. The lowest BCUT2D eigenvalue weighted by Gasteiger charge is -2.32. The van der Waals surface area contributed by atoms with Crippen LogP contribution in [0.1, 0.15) is 19.3 Å². The standard InChI is InChI=1S/C12H22N4/c13-9-12-3-1-5-15(10-12)6-2-7-16-8-4-14-11-16/h4,8,11-12H,1-3,5-7,9-10,13H2. The molecular weight excluding hydrogens is 200 g/mol. The molecule has 16 heavy (non-hydrogen) atoms. The van der Waals surface area contributed by atoms with E-state index in [2.05, 4.69) is 14.5 Å². The minimum absolute atomic E-state index is 0.724. The molecule has 1 aromatic rings. The van der Waals surface area contributed by atoms with Crippen molar-refractivity contribution in [2.24, 2.45) is 11.7 Å². The van der Waals surface area contributed by atoms with Crippen molar-refractivity contribution in [2.45, 2.75) is 25.8 Å². The van der Waals surface area contributed by atoms with Crippen LogP contribution in [0.25, 0.3) is 0 Å². The molecule has 2 heterocycles. The Morgan fingerprint density at radius 2 is 2.31 bits per heavy atom. The van der Waals surface area contributed by atoms with Gasteiger partial charge in [-0.3, -0.25) is 0 Å². The number of aryl methyl sites for hydroxylation is 1. The van der Waals surface area contributed by atoms with Crippen LogP contribution in [-0.2, 0) is 6.54 Å². The first-order valence-corrected chi connectivity index (χ1v) is 6.26. The fourth-order valence-corrected chi connectivity index (χ4v) is 2.44. The van der Waals surface area contributed by atoms with E-state index in [1.165, 1.54) is 38.9 Å². The van der Waals surface area contributed by atoms with Crippen LogP contribution < -0.4 is 5.73 Å². The van der Waals surface area contributed by atoms with Gasteiger partial charge in [-0.05, 0) is 44.8 Å². The third-order valence-corrected chi connectivity index (χ3v) is 3.39. The fourth-order valence-electron chi connectivity index (χ4n) is 2.44. The van der Waals surface area contributed by atoms with E-state index in [4.69, 9.17) is 5.73 Å². The highest BCUT2D eigenvalue weighted by Crippen LogP contribution is 2.15. The molecule has 0 aliphatic carbocycles. The number of piperidine rings is 1. The van der Waals surface area contributed by atoms with Crippen molar-refractivity contribution in [3.8, 4) is 0 Å². The van der Waals surface area contributed by atoms with E-state index < -0.39 is 0 Å². The number of rotatable bonds is 5. The van der Waals surface area contributed by atoms with Crippen LogP contribution in [0.3, 0.4) is 0 Å². The average molecular weight is 222 g/mol. The van der Waals surface area contributed by atoms with E-state index >= 15 is 0 Å². The van der Waals surface area contributed by atoms with Gasteiger partial charge in [-0.1, -0.05) is 0 Å². The van der Waals surface area contributed by atoms with Crippen molar-refractivity contribution in [3.05, 3.63) is 18.7 Å². The summed E-state index contributed by atoms with van der Waals surface area (Å²) in [6.07, 6.45) is 9.58. The topological polar surface area (TPSA) is 47.1 Å². The van der Waals surface area contributed by atoms with Crippen molar-refractivity contribution < 1.29 is 0 Å². The van der Waals surface area contributed by atoms with Gasteiger partial charge in [-0.25, -0.2) is 4.98 Å². The molecule has 0 amide bonds. The second kappa shape index (κ2) is 6.01. The maximum absolute atomic E-state index is 5.73. The summed E-state index contributed by atoms with van der Waals surface area (Å²) < 4.78 is 2.14. The van der Waals surface area contributed by atoms with Crippen LogP contribution in [-0.4, -0.2) is 40.6 Å². The summed E-state index contributed by atoms with van der Waals surface area (Å²) in [5, 5.41) is 0. The van der Waals surface area contributed by atoms with Crippen molar-refractivity contribution in [1.82, 2.24) is 14.5 Å². The Morgan fingerprint density at radius 1 is 1.38 bits per heavy atom. The smallest absolute Gasteiger partial charge is 0.0945 e. The highest BCUT2D eigenvalue weighted by atomic mass is 15.1. The zero-order valence-electron chi connectivity index (χ0n) is 9.89. The number of hydrogen-bond acceptors (Lipinski definition) is 3. The normalized spacial score (nSPS) is 22.4. The average Bonchev–Trinajstić information content (AvgIpc) is 2.82. The number of hydrogen-bond donors (Lipinski definition) is 1. The molecular formula is C12H22N4. The summed E-state index contributed by atoms with van der Waals surface area (Å²) in [5.41, 5.74) is 5.73. The Labute approximate surface area is 97.4 Å². The maximum atomic E-state index is 5.73. The monoisotopic (exact) mass is 222 g/mol. The molecule has 0 bridgehead atoms. The minimum Gasteiger partial charge on any atom is -0.337 e. The molecule has 4 heteroatoms. The predicted octanol–water partition coefficient (Wildman–Crippen LogP) is 0.944. The molecule has 1 unspecified atom stereocenters. The van der Waals surface area contributed by atoms with Gasteiger partial charge in [0.05, 0.1) is 6.33 Å². The van der Waals surface area contributed by atoms with Crippen LogP contribution in [0.15, 0.2) is 18.7 Å². The fraction of sp³-hybridized carbons (Fsp3) is 0.750. The quantitative estimate of drug-likeness (QED) is 0.806. The van der Waals surface area contributed by atoms with Gasteiger partial charge in [-0.15, -0.1) is 0 Å². The van der Waals surface area contributed by atoms with Gasteiger partial charge in [0.2, 0.25) is 0 Å². The summed E-state index contributed by atoms with van der Waals surface area (Å²) in [4.78, 5) is 6.60. The van der Waals surface area contributed by atoms with Crippen LogP contribution >= 0.6 is 0 Å². The molecule has 0 spiro atoms. The zero-order chi connectivity index (χ0) is 11.2. The molecule has 2 rings (SSSR count). The third-order valence-electron chi connectivity index (χ3n) is 3.39. The Hall–Kier alpha value is -0.870. The summed E-state index contributed by atoms with van der Waals surface area (Å²) in [5.74, 6) is 0.724. The molecule has 1 aromatic heterocycles. The Kier molecular flexibility index (Phi) is 4.36. The molecule has 2 N–H and O–H groups in total. The number of nitrogens with zero attached hydrogens (tertiary/aromatic N) is 3. The third kappa shape index (κ3) is 3.32. The first-order valence-electron chi connectivity index (χ1n) is 6.26. The van der Waals surface area contributed by atoms with Crippen LogP contribution in [0.2, 0.25) is 0 Å². The molecule has 0 radical (unpaired) electrons. The summed E-state index contributed by atoms with van der Waals surface area (Å²) in [6, 6.07) is 0. The molecule has 1 fully saturated rings. The van der Waals surface area contributed by atoms with Gasteiger partial charge in [0.15, 0.2) is 0 Å². The van der Waals surface area contributed by atoms with Gasteiger partial charge >= 0.3 is 0 Å². The summed E-state index contributed by atoms with van der Waals surface area (Å²) in [6.45, 7) is 5.55. The lowest BCUT2D eigenvalue weighted by Crippen LogP contribution is -2.39. The Morgan fingerprint density at radius 3 is 3.06 bits per heavy atom. The molecule has 1 saturated heterocycles. The van der Waals surface area contributed by atoms with Crippen LogP contribution in [0.5, 0.6) is 0 Å². The van der Waals surface area contributed by atoms with E-state index in [-0.39, 0.29) is 0 Å². The minimum atomic E-state index is 0.724. The van der Waals surface area contributed by atoms with Crippen LogP contribution in [0, 0.1) is 5.92 Å². The predicted molar refractivity (Wildman–Crippen MR) is 65.1 cm³/mol. The van der Waals surface area contributed by atoms with Crippen molar-refractivity contribution >= 4 is 0 Å². The maximum Gasteiger partial charge on any atom is 0.0945 e. The highest BCUT2D eigenvalue weighted by Gasteiger charge is 2.17. The molecule has 4 nitrogen and oxygen atoms in total. The molecule has 90 valence electrons. The molecule has 1 aliphatic heterocycles. The van der Waals surface area contributed by atoms with E-state index in [0.717, 1.165) is 19.0 Å². The van der Waals surface area contributed by atoms with Crippen molar-refractivity contribution in [2.75, 3.05) is 26.2 Å². The zero-order valence-corrected chi connectivity index (χ0v) is 9.89. The van der Waals surface area contributed by atoms with Gasteiger partial charge in [0.1, 0.15) is 0 Å². The molecule has 1 aliphatic rings. The van der Waals surface area contributed by atoms with Gasteiger partial charge < -0.3 is 15.2 Å². The van der Waals surface area contributed by atoms with E-state index in [9.17, 15) is 0 Å². The molecule has 0 saturated carbocycles.